The van der Waals surface area contributed by atoms with Crippen LogP contribution in [0.4, 0.5) is 0 Å². The van der Waals surface area contributed by atoms with E-state index in [9.17, 15) is 4.79 Å². The van der Waals surface area contributed by atoms with Crippen molar-refractivity contribution in [2.24, 2.45) is 0 Å². The number of carbonyl (C=O) groups is 1. The predicted molar refractivity (Wildman–Crippen MR) is 94.1 cm³/mol. The van der Waals surface area contributed by atoms with E-state index in [1.807, 2.05) is 18.2 Å². The van der Waals surface area contributed by atoms with Crippen molar-refractivity contribution in [3.05, 3.63) is 66.0 Å². The van der Waals surface area contributed by atoms with E-state index in [0.29, 0.717) is 17.7 Å². The van der Waals surface area contributed by atoms with E-state index >= 15 is 0 Å². The van der Waals surface area contributed by atoms with Gasteiger partial charge in [-0.25, -0.2) is 4.79 Å². The molecular formula is C20H16N2O3. The maximum Gasteiger partial charge on any atom is 0.338 e. The molecule has 5 heteroatoms. The van der Waals surface area contributed by atoms with Crippen LogP contribution in [0.15, 0.2) is 54.9 Å². The lowest BCUT2D eigenvalue weighted by molar-refractivity contribution is 0.0388. The molecule has 0 aliphatic rings. The zero-order valence-corrected chi connectivity index (χ0v) is 13.7. The Labute approximate surface area is 145 Å². The topological polar surface area (TPSA) is 72.2 Å². The number of ether oxygens (including phenoxy) is 2. The SMILES string of the molecule is COCCOC(=O)c1ccc2cncc(-c3ccc(C#N)cc3)c2c1. The van der Waals surface area contributed by atoms with Crippen molar-refractivity contribution in [3.8, 4) is 17.2 Å². The maximum absolute atomic E-state index is 12.2. The van der Waals surface area contributed by atoms with Gasteiger partial charge in [-0.2, -0.15) is 5.26 Å². The van der Waals surface area contributed by atoms with Crippen molar-refractivity contribution in [2.75, 3.05) is 20.3 Å². The molecule has 2 aromatic carbocycles. The molecule has 1 heterocycles. The summed E-state index contributed by atoms with van der Waals surface area (Å²) in [5.41, 5.74) is 2.90. The zero-order valence-electron chi connectivity index (χ0n) is 13.7. The van der Waals surface area contributed by atoms with Gasteiger partial charge in [0, 0.05) is 30.5 Å². The second-order valence-corrected chi connectivity index (χ2v) is 5.44. The molecule has 1 aromatic heterocycles. The first-order valence-corrected chi connectivity index (χ1v) is 7.77. The first-order chi connectivity index (χ1) is 12.2. The number of methoxy groups -OCH3 is 1. The smallest absolute Gasteiger partial charge is 0.338 e. The van der Waals surface area contributed by atoms with E-state index in [4.69, 9.17) is 14.7 Å². The average molecular weight is 332 g/mol. The highest BCUT2D eigenvalue weighted by Gasteiger charge is 2.11. The molecule has 3 aromatic rings. The summed E-state index contributed by atoms with van der Waals surface area (Å²) in [7, 11) is 1.56. The Balaban J connectivity index is 2.00. The number of hydrogen-bond acceptors (Lipinski definition) is 5. The molecule has 0 saturated heterocycles. The first kappa shape index (κ1) is 16.6. The molecule has 0 unspecified atom stereocenters. The molecule has 0 saturated carbocycles. The largest absolute Gasteiger partial charge is 0.460 e. The van der Waals surface area contributed by atoms with Gasteiger partial charge >= 0.3 is 5.97 Å². The van der Waals surface area contributed by atoms with E-state index in [-0.39, 0.29) is 12.6 Å². The number of benzene rings is 2. The van der Waals surface area contributed by atoms with Crippen LogP contribution < -0.4 is 0 Å². The number of nitrogens with zero attached hydrogens (tertiary/aromatic N) is 2. The molecule has 0 aliphatic heterocycles. The molecule has 0 aliphatic carbocycles. The number of rotatable bonds is 5. The minimum absolute atomic E-state index is 0.214. The Bertz CT molecular complexity index is 943. The van der Waals surface area contributed by atoms with Crippen LogP contribution in [0, 0.1) is 11.3 Å². The Morgan fingerprint density at radius 2 is 1.92 bits per heavy atom. The molecule has 0 atom stereocenters. The lowest BCUT2D eigenvalue weighted by Crippen LogP contribution is -2.09. The molecule has 0 amide bonds. The van der Waals surface area contributed by atoms with Crippen LogP contribution in [-0.2, 0) is 9.47 Å². The Kier molecular flexibility index (Phi) is 5.03. The normalized spacial score (nSPS) is 10.4. The number of pyridine rings is 1. The fraction of sp³-hybridized carbons (Fsp3) is 0.150. The van der Waals surface area contributed by atoms with E-state index in [2.05, 4.69) is 11.1 Å². The van der Waals surface area contributed by atoms with Gasteiger partial charge in [0.25, 0.3) is 0 Å². The molecule has 0 spiro atoms. The third kappa shape index (κ3) is 3.65. The van der Waals surface area contributed by atoms with Crippen molar-refractivity contribution in [2.45, 2.75) is 0 Å². The number of esters is 1. The van der Waals surface area contributed by atoms with Crippen molar-refractivity contribution in [1.82, 2.24) is 4.98 Å². The summed E-state index contributed by atoms with van der Waals surface area (Å²) in [6, 6.07) is 14.8. The van der Waals surface area contributed by atoms with Crippen molar-refractivity contribution >= 4 is 16.7 Å². The molecule has 0 radical (unpaired) electrons. The number of aromatic nitrogens is 1. The molecular weight excluding hydrogens is 316 g/mol. The summed E-state index contributed by atoms with van der Waals surface area (Å²) in [5.74, 6) is -0.387. The van der Waals surface area contributed by atoms with Gasteiger partial charge < -0.3 is 9.47 Å². The highest BCUT2D eigenvalue weighted by molar-refractivity contribution is 6.01. The van der Waals surface area contributed by atoms with Crippen LogP contribution in [0.5, 0.6) is 0 Å². The fourth-order valence-electron chi connectivity index (χ4n) is 2.55. The second-order valence-electron chi connectivity index (χ2n) is 5.44. The minimum atomic E-state index is -0.387. The third-order valence-electron chi connectivity index (χ3n) is 3.84. The second kappa shape index (κ2) is 7.56. The third-order valence-corrected chi connectivity index (χ3v) is 3.84. The number of carbonyl (C=O) groups excluding carboxylic acids is 1. The van der Waals surface area contributed by atoms with E-state index < -0.39 is 0 Å². The molecule has 124 valence electrons. The van der Waals surface area contributed by atoms with Crippen LogP contribution in [0.2, 0.25) is 0 Å². The van der Waals surface area contributed by atoms with Crippen LogP contribution >= 0.6 is 0 Å². The molecule has 0 N–H and O–H groups in total. The first-order valence-electron chi connectivity index (χ1n) is 7.77. The van der Waals surface area contributed by atoms with Gasteiger partial charge in [0.2, 0.25) is 0 Å². The summed E-state index contributed by atoms with van der Waals surface area (Å²) in [6.07, 6.45) is 3.51. The molecule has 0 fully saturated rings. The standard InChI is InChI=1S/C20H16N2O3/c1-24-8-9-25-20(23)16-6-7-17-12-22-13-19(18(17)10-16)15-4-2-14(11-21)3-5-15/h2-7,10,12-13H,8-9H2,1H3. The fourth-order valence-corrected chi connectivity index (χ4v) is 2.55. The average Bonchev–Trinajstić information content (AvgIpc) is 2.67. The summed E-state index contributed by atoms with van der Waals surface area (Å²) in [4.78, 5) is 16.4. The lowest BCUT2D eigenvalue weighted by atomic mass is 9.98. The van der Waals surface area contributed by atoms with Gasteiger partial charge in [0.15, 0.2) is 0 Å². The number of fused-ring (bicyclic) bond motifs is 1. The Hall–Kier alpha value is -3.23. The van der Waals surface area contributed by atoms with Crippen LogP contribution in [0.1, 0.15) is 15.9 Å². The predicted octanol–water partition coefficient (Wildman–Crippen LogP) is 3.58. The zero-order chi connectivity index (χ0) is 17.6. The monoisotopic (exact) mass is 332 g/mol. The van der Waals surface area contributed by atoms with E-state index in [0.717, 1.165) is 21.9 Å². The van der Waals surface area contributed by atoms with Gasteiger partial charge in [-0.3, -0.25) is 4.98 Å². The van der Waals surface area contributed by atoms with Crippen LogP contribution in [-0.4, -0.2) is 31.3 Å². The van der Waals surface area contributed by atoms with Gasteiger partial charge in [-0.1, -0.05) is 18.2 Å². The minimum Gasteiger partial charge on any atom is -0.460 e. The maximum atomic E-state index is 12.2. The van der Waals surface area contributed by atoms with Crippen molar-refractivity contribution in [3.63, 3.8) is 0 Å². The van der Waals surface area contributed by atoms with Crippen molar-refractivity contribution in [1.29, 1.82) is 5.26 Å². The molecule has 5 nitrogen and oxygen atoms in total. The molecule has 0 bridgehead atoms. The van der Waals surface area contributed by atoms with E-state index in [1.54, 1.807) is 43.8 Å². The van der Waals surface area contributed by atoms with E-state index in [1.165, 1.54) is 0 Å². The quantitative estimate of drug-likeness (QED) is 0.527. The van der Waals surface area contributed by atoms with Crippen LogP contribution in [0.3, 0.4) is 0 Å². The Morgan fingerprint density at radius 1 is 1.12 bits per heavy atom. The van der Waals surface area contributed by atoms with Gasteiger partial charge in [-0.15, -0.1) is 0 Å². The van der Waals surface area contributed by atoms with Crippen LogP contribution in [0.25, 0.3) is 21.9 Å². The summed E-state index contributed by atoms with van der Waals surface area (Å²) in [6.45, 7) is 0.575. The summed E-state index contributed by atoms with van der Waals surface area (Å²) < 4.78 is 10.1. The highest BCUT2D eigenvalue weighted by Crippen LogP contribution is 2.28. The highest BCUT2D eigenvalue weighted by atomic mass is 16.6. The summed E-state index contributed by atoms with van der Waals surface area (Å²) >= 11 is 0. The molecule has 3 rings (SSSR count). The number of nitriles is 1. The lowest BCUT2D eigenvalue weighted by Gasteiger charge is -2.09. The van der Waals surface area contributed by atoms with Gasteiger partial charge in [0.1, 0.15) is 6.61 Å². The van der Waals surface area contributed by atoms with Gasteiger partial charge in [0.05, 0.1) is 23.8 Å². The van der Waals surface area contributed by atoms with Crippen molar-refractivity contribution < 1.29 is 14.3 Å². The molecule has 25 heavy (non-hydrogen) atoms. The van der Waals surface area contributed by atoms with Gasteiger partial charge in [-0.05, 0) is 35.2 Å². The number of hydrogen-bond donors (Lipinski definition) is 0. The Morgan fingerprint density at radius 3 is 2.64 bits per heavy atom. The summed E-state index contributed by atoms with van der Waals surface area (Å²) in [5, 5.41) is 10.8.